The van der Waals surface area contributed by atoms with E-state index in [9.17, 15) is 0 Å². The summed E-state index contributed by atoms with van der Waals surface area (Å²) in [7, 11) is 3.68. The second-order valence-electron chi connectivity index (χ2n) is 5.66. The second-order valence-corrected chi connectivity index (χ2v) is 6.04. The number of hydrogen-bond donors (Lipinski definition) is 1. The Balaban J connectivity index is 2.06. The van der Waals surface area contributed by atoms with Gasteiger partial charge >= 0.3 is 0 Å². The van der Waals surface area contributed by atoms with Crippen LogP contribution in [0.15, 0.2) is 42.5 Å². The Morgan fingerprint density at radius 1 is 1.22 bits per heavy atom. The first-order valence-corrected chi connectivity index (χ1v) is 8.19. The maximum Gasteiger partial charge on any atom is 0.173 e. The van der Waals surface area contributed by atoms with E-state index < -0.39 is 0 Å². The van der Waals surface area contributed by atoms with Crippen molar-refractivity contribution in [2.24, 2.45) is 0 Å². The maximum atomic E-state index is 5.52. The van der Waals surface area contributed by atoms with Crippen LogP contribution in [0, 0.1) is 6.92 Å². The number of anilines is 1. The number of rotatable bonds is 5. The highest BCUT2D eigenvalue weighted by atomic mass is 32.1. The van der Waals surface area contributed by atoms with E-state index in [0.29, 0.717) is 11.7 Å². The molecule has 0 aliphatic rings. The van der Waals surface area contributed by atoms with Crippen LogP contribution in [0.25, 0.3) is 0 Å². The summed E-state index contributed by atoms with van der Waals surface area (Å²) in [5.41, 5.74) is 4.66. The van der Waals surface area contributed by atoms with Gasteiger partial charge in [0.25, 0.3) is 0 Å². The highest BCUT2D eigenvalue weighted by Crippen LogP contribution is 2.21. The zero-order valence-electron chi connectivity index (χ0n) is 14.2. The molecule has 2 aromatic carbocycles. The van der Waals surface area contributed by atoms with Gasteiger partial charge in [0.15, 0.2) is 5.11 Å². The Labute approximate surface area is 144 Å². The molecule has 0 atom stereocenters. The summed E-state index contributed by atoms with van der Waals surface area (Å²) in [5.74, 6) is 0.887. The predicted octanol–water partition coefficient (Wildman–Crippen LogP) is 4.39. The third-order valence-corrected chi connectivity index (χ3v) is 4.19. The third kappa shape index (κ3) is 4.70. The summed E-state index contributed by atoms with van der Waals surface area (Å²) in [5, 5.41) is 4.00. The molecule has 0 fully saturated rings. The van der Waals surface area contributed by atoms with Crippen molar-refractivity contribution in [1.29, 1.82) is 0 Å². The normalized spacial score (nSPS) is 10.3. The Morgan fingerprint density at radius 3 is 2.70 bits per heavy atom. The number of benzene rings is 2. The van der Waals surface area contributed by atoms with Crippen LogP contribution in [-0.4, -0.2) is 24.2 Å². The minimum atomic E-state index is 0.696. The highest BCUT2D eigenvalue weighted by molar-refractivity contribution is 7.80. The summed E-state index contributed by atoms with van der Waals surface area (Å²) in [4.78, 5) is 2.02. The second kappa shape index (κ2) is 7.97. The first kappa shape index (κ1) is 17.3. The molecule has 0 aliphatic heterocycles. The molecule has 0 heterocycles. The predicted molar refractivity (Wildman–Crippen MR) is 101 cm³/mol. The van der Waals surface area contributed by atoms with E-state index >= 15 is 0 Å². The van der Waals surface area contributed by atoms with E-state index in [0.717, 1.165) is 23.4 Å². The summed E-state index contributed by atoms with van der Waals surface area (Å²) < 4.78 is 5.44. The zero-order chi connectivity index (χ0) is 16.8. The molecule has 0 amide bonds. The molecule has 2 aromatic rings. The number of nitrogens with zero attached hydrogens (tertiary/aromatic N) is 1. The van der Waals surface area contributed by atoms with Gasteiger partial charge in [0, 0.05) is 24.8 Å². The average molecular weight is 328 g/mol. The molecule has 0 spiro atoms. The molecule has 0 bridgehead atoms. The number of ether oxygens (including phenoxy) is 1. The van der Waals surface area contributed by atoms with Crippen molar-refractivity contribution in [2.45, 2.75) is 26.8 Å². The van der Waals surface area contributed by atoms with Crippen molar-refractivity contribution in [3.63, 3.8) is 0 Å². The Bertz CT molecular complexity index is 685. The Kier molecular flexibility index (Phi) is 5.99. The van der Waals surface area contributed by atoms with E-state index in [4.69, 9.17) is 17.0 Å². The molecule has 3 nitrogen and oxygen atoms in total. The van der Waals surface area contributed by atoms with Gasteiger partial charge in [-0.15, -0.1) is 0 Å². The standard InChI is InChI=1S/C19H24N2OS/c1-5-15-7-6-8-17(12-15)20-19(23)21(3)13-16-11-14(2)9-10-18(16)22-4/h6-12H,5,13H2,1-4H3,(H,20,23). The van der Waals surface area contributed by atoms with Crippen molar-refractivity contribution in [2.75, 3.05) is 19.5 Å². The van der Waals surface area contributed by atoms with Crippen LogP contribution in [-0.2, 0) is 13.0 Å². The van der Waals surface area contributed by atoms with Crippen LogP contribution >= 0.6 is 12.2 Å². The molecule has 4 heteroatoms. The molecule has 0 aliphatic carbocycles. The number of methoxy groups -OCH3 is 1. The van der Waals surface area contributed by atoms with Gasteiger partial charge in [-0.2, -0.15) is 0 Å². The molecule has 0 aromatic heterocycles. The largest absolute Gasteiger partial charge is 0.496 e. The van der Waals surface area contributed by atoms with Gasteiger partial charge in [-0.05, 0) is 49.3 Å². The Hall–Kier alpha value is -2.07. The Morgan fingerprint density at radius 2 is 2.00 bits per heavy atom. The SMILES string of the molecule is CCc1cccc(NC(=S)N(C)Cc2cc(C)ccc2OC)c1. The van der Waals surface area contributed by atoms with Gasteiger partial charge in [0.2, 0.25) is 0 Å². The molecule has 1 N–H and O–H groups in total. The van der Waals surface area contributed by atoms with Crippen LogP contribution in [0.4, 0.5) is 5.69 Å². The van der Waals surface area contributed by atoms with Gasteiger partial charge in [-0.1, -0.05) is 36.8 Å². The van der Waals surface area contributed by atoms with E-state index in [1.165, 1.54) is 11.1 Å². The van der Waals surface area contributed by atoms with E-state index in [1.54, 1.807) is 7.11 Å². The number of thiocarbonyl (C=S) groups is 1. The van der Waals surface area contributed by atoms with Crippen molar-refractivity contribution in [3.05, 3.63) is 59.2 Å². The molecule has 0 radical (unpaired) electrons. The van der Waals surface area contributed by atoms with Crippen molar-refractivity contribution in [3.8, 4) is 5.75 Å². The number of nitrogens with one attached hydrogen (secondary N) is 1. The lowest BCUT2D eigenvalue weighted by atomic mass is 10.1. The molecule has 2 rings (SSSR count). The summed E-state index contributed by atoms with van der Waals surface area (Å²) >= 11 is 5.52. The quantitative estimate of drug-likeness (QED) is 0.823. The van der Waals surface area contributed by atoms with Crippen LogP contribution in [0.3, 0.4) is 0 Å². The highest BCUT2D eigenvalue weighted by Gasteiger charge is 2.10. The van der Waals surface area contributed by atoms with Gasteiger partial charge in [-0.3, -0.25) is 0 Å². The lowest BCUT2D eigenvalue weighted by molar-refractivity contribution is 0.399. The lowest BCUT2D eigenvalue weighted by Crippen LogP contribution is -2.30. The minimum absolute atomic E-state index is 0.696. The monoisotopic (exact) mass is 328 g/mol. The molecule has 0 saturated carbocycles. The molecule has 23 heavy (non-hydrogen) atoms. The molecule has 0 unspecified atom stereocenters. The third-order valence-electron chi connectivity index (χ3n) is 3.78. The van der Waals surface area contributed by atoms with Gasteiger partial charge in [0.05, 0.1) is 7.11 Å². The minimum Gasteiger partial charge on any atom is -0.496 e. The van der Waals surface area contributed by atoms with Crippen molar-refractivity contribution < 1.29 is 4.74 Å². The first-order chi connectivity index (χ1) is 11.0. The van der Waals surface area contributed by atoms with Crippen molar-refractivity contribution >= 4 is 23.0 Å². The van der Waals surface area contributed by atoms with Crippen LogP contribution in [0.1, 0.15) is 23.6 Å². The van der Waals surface area contributed by atoms with Gasteiger partial charge in [-0.25, -0.2) is 0 Å². The van der Waals surface area contributed by atoms with Crippen molar-refractivity contribution in [1.82, 2.24) is 4.90 Å². The van der Waals surface area contributed by atoms with Gasteiger partial charge < -0.3 is 15.0 Å². The summed E-state index contributed by atoms with van der Waals surface area (Å²) in [6, 6.07) is 14.5. The smallest absolute Gasteiger partial charge is 0.173 e. The number of aryl methyl sites for hydroxylation is 2. The fourth-order valence-electron chi connectivity index (χ4n) is 2.45. The fourth-order valence-corrected chi connectivity index (χ4v) is 2.63. The first-order valence-electron chi connectivity index (χ1n) is 7.78. The van der Waals surface area contributed by atoms with E-state index in [1.807, 2.05) is 30.1 Å². The molecule has 0 saturated heterocycles. The molecule has 122 valence electrons. The zero-order valence-corrected chi connectivity index (χ0v) is 15.0. The fraction of sp³-hybridized carbons (Fsp3) is 0.316. The van der Waals surface area contributed by atoms with Crippen LogP contribution in [0.5, 0.6) is 5.75 Å². The molecular weight excluding hydrogens is 304 g/mol. The van der Waals surface area contributed by atoms with Crippen LogP contribution < -0.4 is 10.1 Å². The van der Waals surface area contributed by atoms with E-state index in [2.05, 4.69) is 43.4 Å². The molecular formula is C19H24N2OS. The number of hydrogen-bond acceptors (Lipinski definition) is 2. The van der Waals surface area contributed by atoms with Gasteiger partial charge in [0.1, 0.15) is 5.75 Å². The lowest BCUT2D eigenvalue weighted by Gasteiger charge is -2.22. The summed E-state index contributed by atoms with van der Waals surface area (Å²) in [6.45, 7) is 4.92. The van der Waals surface area contributed by atoms with E-state index in [-0.39, 0.29) is 0 Å². The summed E-state index contributed by atoms with van der Waals surface area (Å²) in [6.07, 6.45) is 1.01. The van der Waals surface area contributed by atoms with Crippen LogP contribution in [0.2, 0.25) is 0 Å². The topological polar surface area (TPSA) is 24.5 Å². The maximum absolute atomic E-state index is 5.52. The average Bonchev–Trinajstić information content (AvgIpc) is 2.55.